The molecule has 0 bridgehead atoms. The Morgan fingerprint density at radius 2 is 2.00 bits per heavy atom. The van der Waals surface area contributed by atoms with Crippen LogP contribution in [0.3, 0.4) is 0 Å². The average Bonchev–Trinajstić information content (AvgIpc) is 2.33. The Kier molecular flexibility index (Phi) is 5.62. The summed E-state index contributed by atoms with van der Waals surface area (Å²) < 4.78 is 12.1. The average molecular weight is 289 g/mol. The summed E-state index contributed by atoms with van der Waals surface area (Å²) in [6, 6.07) is 4.77. The number of hydrogen-bond donors (Lipinski definition) is 1. The molecule has 1 aromatic carbocycles. The number of nitrogen functional groups attached to an aromatic ring is 1. The van der Waals surface area contributed by atoms with Gasteiger partial charge in [0.05, 0.1) is 20.7 Å². The van der Waals surface area contributed by atoms with Gasteiger partial charge in [0.15, 0.2) is 0 Å². The maximum atomic E-state index is 12.1. The zero-order chi connectivity index (χ0) is 13.7. The third-order valence-corrected chi connectivity index (χ3v) is 4.35. The number of halogens is 1. The molecule has 0 fully saturated rings. The number of nitrogens with zero attached hydrogens (tertiary/aromatic N) is 1. The zero-order valence-electron chi connectivity index (χ0n) is 10.5. The minimum atomic E-state index is -1.46. The number of carbonyl (C=O) groups is 1. The lowest BCUT2D eigenvalue weighted by molar-refractivity contribution is -0.128. The Morgan fingerprint density at radius 1 is 1.39 bits per heavy atom. The molecule has 0 saturated heterocycles. The molecule has 2 N–H and O–H groups in total. The number of nitrogens with two attached hydrogens (primary N) is 1. The van der Waals surface area contributed by atoms with Crippen molar-refractivity contribution in [2.75, 3.05) is 24.6 Å². The molecule has 0 aliphatic heterocycles. The molecule has 0 heterocycles. The van der Waals surface area contributed by atoms with Crippen molar-refractivity contribution in [3.63, 3.8) is 0 Å². The predicted octanol–water partition coefficient (Wildman–Crippen LogP) is 1.90. The van der Waals surface area contributed by atoms with Gasteiger partial charge in [-0.05, 0) is 32.0 Å². The summed E-state index contributed by atoms with van der Waals surface area (Å²) in [6.45, 7) is 4.99. The molecular formula is C12H17ClN2O2S. The third kappa shape index (κ3) is 3.71. The highest BCUT2D eigenvalue weighted by molar-refractivity contribution is 7.85. The van der Waals surface area contributed by atoms with E-state index in [-0.39, 0.29) is 11.7 Å². The van der Waals surface area contributed by atoms with E-state index in [1.54, 1.807) is 23.1 Å². The largest absolute Gasteiger partial charge is 0.399 e. The summed E-state index contributed by atoms with van der Waals surface area (Å²) in [7, 11) is -1.46. The van der Waals surface area contributed by atoms with Gasteiger partial charge in [0.25, 0.3) is 0 Å². The standard InChI is InChI=1S/C12H17ClN2O2S/c1-3-15(4-2)12(16)8-18(17)11-7-9(14)5-6-10(11)13/h5-7H,3-4,8,14H2,1-2H3. The van der Waals surface area contributed by atoms with Gasteiger partial charge in [-0.15, -0.1) is 0 Å². The van der Waals surface area contributed by atoms with E-state index in [1.165, 1.54) is 0 Å². The van der Waals surface area contributed by atoms with Crippen LogP contribution in [0.5, 0.6) is 0 Å². The predicted molar refractivity (Wildman–Crippen MR) is 75.1 cm³/mol. The second-order valence-corrected chi connectivity index (χ2v) is 5.57. The lowest BCUT2D eigenvalue weighted by Gasteiger charge is -2.18. The Morgan fingerprint density at radius 3 is 2.56 bits per heavy atom. The van der Waals surface area contributed by atoms with Crippen molar-refractivity contribution in [3.8, 4) is 0 Å². The molecule has 1 atom stereocenters. The maximum absolute atomic E-state index is 12.1. The van der Waals surface area contributed by atoms with Crippen LogP contribution in [0.4, 0.5) is 5.69 Å². The quantitative estimate of drug-likeness (QED) is 0.842. The normalized spacial score (nSPS) is 12.2. The van der Waals surface area contributed by atoms with Crippen molar-refractivity contribution in [2.45, 2.75) is 18.7 Å². The fourth-order valence-electron chi connectivity index (χ4n) is 1.55. The fraction of sp³-hybridized carbons (Fsp3) is 0.417. The summed E-state index contributed by atoms with van der Waals surface area (Å²) in [5, 5.41) is 0.370. The highest BCUT2D eigenvalue weighted by Crippen LogP contribution is 2.22. The molecule has 1 unspecified atom stereocenters. The molecule has 18 heavy (non-hydrogen) atoms. The first-order valence-electron chi connectivity index (χ1n) is 5.70. The summed E-state index contributed by atoms with van der Waals surface area (Å²) >= 11 is 5.95. The van der Waals surface area contributed by atoms with Crippen molar-refractivity contribution < 1.29 is 9.00 Å². The Labute approximate surface area is 115 Å². The topological polar surface area (TPSA) is 63.4 Å². The van der Waals surface area contributed by atoms with E-state index < -0.39 is 10.8 Å². The van der Waals surface area contributed by atoms with Crippen LogP contribution >= 0.6 is 11.6 Å². The van der Waals surface area contributed by atoms with Crippen LogP contribution < -0.4 is 5.73 Å². The van der Waals surface area contributed by atoms with Gasteiger partial charge >= 0.3 is 0 Å². The molecule has 100 valence electrons. The number of carbonyl (C=O) groups excluding carboxylic acids is 1. The summed E-state index contributed by atoms with van der Waals surface area (Å²) in [5.74, 6) is -0.206. The number of amides is 1. The van der Waals surface area contributed by atoms with Crippen LogP contribution in [0, 0.1) is 0 Å². The van der Waals surface area contributed by atoms with Crippen molar-refractivity contribution in [1.29, 1.82) is 0 Å². The van der Waals surface area contributed by atoms with Crippen LogP contribution in [0.2, 0.25) is 5.02 Å². The Bertz CT molecular complexity index is 461. The Hall–Kier alpha value is -1.07. The first-order valence-corrected chi connectivity index (χ1v) is 7.40. The number of anilines is 1. The van der Waals surface area contributed by atoms with E-state index in [0.29, 0.717) is 28.7 Å². The molecule has 0 spiro atoms. The lowest BCUT2D eigenvalue weighted by atomic mass is 10.3. The van der Waals surface area contributed by atoms with Gasteiger partial charge in [-0.2, -0.15) is 0 Å². The van der Waals surface area contributed by atoms with Gasteiger partial charge in [-0.3, -0.25) is 9.00 Å². The molecular weight excluding hydrogens is 272 g/mol. The molecule has 1 amide bonds. The first kappa shape index (κ1) is 15.0. The highest BCUT2D eigenvalue weighted by atomic mass is 35.5. The molecule has 0 aromatic heterocycles. The van der Waals surface area contributed by atoms with Gasteiger partial charge < -0.3 is 10.6 Å². The molecule has 6 heteroatoms. The maximum Gasteiger partial charge on any atom is 0.235 e. The van der Waals surface area contributed by atoms with Gasteiger partial charge in [0.2, 0.25) is 5.91 Å². The summed E-state index contributed by atoms with van der Waals surface area (Å²) in [6.07, 6.45) is 0. The van der Waals surface area contributed by atoms with Gasteiger partial charge in [0.1, 0.15) is 5.75 Å². The lowest BCUT2D eigenvalue weighted by Crippen LogP contribution is -2.34. The minimum Gasteiger partial charge on any atom is -0.399 e. The minimum absolute atomic E-state index is 0.0646. The molecule has 0 radical (unpaired) electrons. The van der Waals surface area contributed by atoms with Gasteiger partial charge in [-0.1, -0.05) is 11.6 Å². The van der Waals surface area contributed by atoms with E-state index in [4.69, 9.17) is 17.3 Å². The van der Waals surface area contributed by atoms with Crippen molar-refractivity contribution >= 4 is 34.0 Å². The van der Waals surface area contributed by atoms with Crippen LogP contribution in [0.25, 0.3) is 0 Å². The molecule has 0 aliphatic carbocycles. The highest BCUT2D eigenvalue weighted by Gasteiger charge is 2.17. The SMILES string of the molecule is CCN(CC)C(=O)CS(=O)c1cc(N)ccc1Cl. The van der Waals surface area contributed by atoms with Gasteiger partial charge in [0, 0.05) is 18.8 Å². The summed E-state index contributed by atoms with van der Waals surface area (Å²) in [4.78, 5) is 13.9. The second-order valence-electron chi connectivity index (χ2n) is 3.75. The molecule has 0 saturated carbocycles. The second kappa shape index (κ2) is 6.75. The van der Waals surface area contributed by atoms with Crippen molar-refractivity contribution in [2.24, 2.45) is 0 Å². The zero-order valence-corrected chi connectivity index (χ0v) is 12.1. The summed E-state index contributed by atoms with van der Waals surface area (Å²) in [5.41, 5.74) is 6.10. The Balaban J connectivity index is 2.82. The van der Waals surface area contributed by atoms with E-state index in [9.17, 15) is 9.00 Å². The smallest absolute Gasteiger partial charge is 0.235 e. The molecule has 1 rings (SSSR count). The van der Waals surface area contributed by atoms with Crippen LogP contribution in [-0.4, -0.2) is 33.9 Å². The van der Waals surface area contributed by atoms with E-state index in [0.717, 1.165) is 0 Å². The fourth-order valence-corrected chi connectivity index (χ4v) is 3.04. The number of rotatable bonds is 5. The van der Waals surface area contributed by atoms with Crippen LogP contribution in [0.15, 0.2) is 23.1 Å². The van der Waals surface area contributed by atoms with Crippen molar-refractivity contribution in [3.05, 3.63) is 23.2 Å². The van der Waals surface area contributed by atoms with Crippen molar-refractivity contribution in [1.82, 2.24) is 4.90 Å². The van der Waals surface area contributed by atoms with Gasteiger partial charge in [-0.25, -0.2) is 0 Å². The van der Waals surface area contributed by atoms with E-state index >= 15 is 0 Å². The monoisotopic (exact) mass is 288 g/mol. The first-order chi connectivity index (χ1) is 8.49. The number of hydrogen-bond acceptors (Lipinski definition) is 3. The molecule has 4 nitrogen and oxygen atoms in total. The van der Waals surface area contributed by atoms with Crippen LogP contribution in [-0.2, 0) is 15.6 Å². The molecule has 0 aliphatic rings. The van der Waals surface area contributed by atoms with Crippen LogP contribution in [0.1, 0.15) is 13.8 Å². The number of benzene rings is 1. The molecule has 1 aromatic rings. The third-order valence-electron chi connectivity index (χ3n) is 2.57. The van der Waals surface area contributed by atoms with E-state index in [2.05, 4.69) is 0 Å². The van der Waals surface area contributed by atoms with E-state index in [1.807, 2.05) is 13.8 Å².